The Morgan fingerprint density at radius 1 is 1.35 bits per heavy atom. The van der Waals surface area contributed by atoms with Crippen molar-refractivity contribution >= 4 is 11.6 Å². The van der Waals surface area contributed by atoms with Gasteiger partial charge in [0.15, 0.2) is 0 Å². The summed E-state index contributed by atoms with van der Waals surface area (Å²) in [5, 5.41) is 0.0593. The largest absolute Gasteiger partial charge is 0.493 e. The molecule has 0 spiro atoms. The molecule has 2 unspecified atom stereocenters. The third kappa shape index (κ3) is 2.43. The van der Waals surface area contributed by atoms with Crippen LogP contribution >= 0.6 is 11.6 Å². The summed E-state index contributed by atoms with van der Waals surface area (Å²) in [5.41, 5.74) is 2.49. The SMILES string of the molecule is ClC(CC1CCCO1)c1ccc2c(c1)CCO2. The minimum Gasteiger partial charge on any atom is -0.493 e. The third-order valence-electron chi connectivity index (χ3n) is 3.57. The number of ether oxygens (including phenoxy) is 2. The average Bonchev–Trinajstić information content (AvgIpc) is 2.97. The van der Waals surface area contributed by atoms with Gasteiger partial charge < -0.3 is 9.47 Å². The second-order valence-electron chi connectivity index (χ2n) is 4.80. The van der Waals surface area contributed by atoms with Gasteiger partial charge in [0.2, 0.25) is 0 Å². The van der Waals surface area contributed by atoms with E-state index >= 15 is 0 Å². The first-order valence-corrected chi connectivity index (χ1v) is 6.78. The molecule has 3 heteroatoms. The molecular weight excluding hydrogens is 236 g/mol. The Balaban J connectivity index is 1.70. The lowest BCUT2D eigenvalue weighted by atomic mass is 10.0. The van der Waals surface area contributed by atoms with Gasteiger partial charge in [0.1, 0.15) is 5.75 Å². The predicted octanol–water partition coefficient (Wildman–Crippen LogP) is 3.47. The lowest BCUT2D eigenvalue weighted by Crippen LogP contribution is -2.08. The lowest BCUT2D eigenvalue weighted by molar-refractivity contribution is 0.103. The molecule has 1 fully saturated rings. The van der Waals surface area contributed by atoms with Crippen LogP contribution in [-0.2, 0) is 11.2 Å². The van der Waals surface area contributed by atoms with Crippen LogP contribution in [0.3, 0.4) is 0 Å². The van der Waals surface area contributed by atoms with E-state index in [0.29, 0.717) is 6.10 Å². The van der Waals surface area contributed by atoms with Crippen molar-refractivity contribution < 1.29 is 9.47 Å². The van der Waals surface area contributed by atoms with Crippen LogP contribution in [0.2, 0.25) is 0 Å². The van der Waals surface area contributed by atoms with Gasteiger partial charge in [-0.25, -0.2) is 0 Å². The number of halogens is 1. The average molecular weight is 253 g/mol. The first-order chi connectivity index (χ1) is 8.33. The molecular formula is C14H17ClO2. The third-order valence-corrected chi connectivity index (χ3v) is 4.00. The van der Waals surface area contributed by atoms with Crippen LogP contribution in [0.4, 0.5) is 0 Å². The summed E-state index contributed by atoms with van der Waals surface area (Å²) in [6, 6.07) is 6.31. The van der Waals surface area contributed by atoms with E-state index in [1.54, 1.807) is 0 Å². The molecule has 1 aromatic rings. The lowest BCUT2D eigenvalue weighted by Gasteiger charge is -2.15. The van der Waals surface area contributed by atoms with E-state index in [2.05, 4.69) is 12.1 Å². The van der Waals surface area contributed by atoms with Gasteiger partial charge in [-0.3, -0.25) is 0 Å². The van der Waals surface area contributed by atoms with Crippen LogP contribution in [0.15, 0.2) is 18.2 Å². The summed E-state index contributed by atoms with van der Waals surface area (Å²) in [4.78, 5) is 0. The standard InChI is InChI=1S/C14H17ClO2/c15-13(9-12-2-1-6-16-12)10-3-4-14-11(8-10)5-7-17-14/h3-4,8,12-13H,1-2,5-7,9H2. The maximum atomic E-state index is 6.47. The fourth-order valence-corrected chi connectivity index (χ4v) is 2.93. The van der Waals surface area contributed by atoms with Crippen molar-refractivity contribution in [3.63, 3.8) is 0 Å². The molecule has 1 saturated heterocycles. The van der Waals surface area contributed by atoms with Gasteiger partial charge >= 0.3 is 0 Å². The summed E-state index contributed by atoms with van der Waals surface area (Å²) in [7, 11) is 0. The summed E-state index contributed by atoms with van der Waals surface area (Å²) in [6.45, 7) is 1.70. The van der Waals surface area contributed by atoms with E-state index in [4.69, 9.17) is 21.1 Å². The van der Waals surface area contributed by atoms with Gasteiger partial charge in [0.05, 0.1) is 18.1 Å². The fourth-order valence-electron chi connectivity index (χ4n) is 2.60. The maximum Gasteiger partial charge on any atom is 0.122 e. The Kier molecular flexibility index (Phi) is 3.26. The smallest absolute Gasteiger partial charge is 0.122 e. The second-order valence-corrected chi connectivity index (χ2v) is 5.33. The summed E-state index contributed by atoms with van der Waals surface area (Å²) in [6.07, 6.45) is 4.60. The number of alkyl halides is 1. The van der Waals surface area contributed by atoms with Crippen LogP contribution in [0.1, 0.15) is 35.8 Å². The molecule has 3 rings (SSSR count). The Bertz CT molecular complexity index is 399. The molecule has 2 atom stereocenters. The molecule has 0 bridgehead atoms. The zero-order valence-electron chi connectivity index (χ0n) is 9.82. The fraction of sp³-hybridized carbons (Fsp3) is 0.571. The van der Waals surface area contributed by atoms with Crippen LogP contribution in [0.5, 0.6) is 5.75 Å². The van der Waals surface area contributed by atoms with Gasteiger partial charge in [-0.15, -0.1) is 11.6 Å². The number of rotatable bonds is 3. The molecule has 0 radical (unpaired) electrons. The number of hydrogen-bond acceptors (Lipinski definition) is 2. The summed E-state index contributed by atoms with van der Waals surface area (Å²) < 4.78 is 11.1. The van der Waals surface area contributed by atoms with E-state index in [1.807, 2.05) is 6.07 Å². The maximum absolute atomic E-state index is 6.47. The van der Waals surface area contributed by atoms with Crippen LogP contribution < -0.4 is 4.74 Å². The Labute approximate surface area is 107 Å². The van der Waals surface area contributed by atoms with E-state index in [1.165, 1.54) is 17.5 Å². The first kappa shape index (κ1) is 11.4. The molecule has 17 heavy (non-hydrogen) atoms. The van der Waals surface area contributed by atoms with Crippen molar-refractivity contribution in [2.75, 3.05) is 13.2 Å². The van der Waals surface area contributed by atoms with E-state index in [0.717, 1.165) is 38.2 Å². The monoisotopic (exact) mass is 252 g/mol. The van der Waals surface area contributed by atoms with Crippen molar-refractivity contribution in [2.24, 2.45) is 0 Å². The van der Waals surface area contributed by atoms with Gasteiger partial charge in [-0.1, -0.05) is 12.1 Å². The van der Waals surface area contributed by atoms with Crippen molar-refractivity contribution in [3.05, 3.63) is 29.3 Å². The molecule has 0 N–H and O–H groups in total. The van der Waals surface area contributed by atoms with Gasteiger partial charge in [0, 0.05) is 13.0 Å². The van der Waals surface area contributed by atoms with Crippen molar-refractivity contribution in [1.29, 1.82) is 0 Å². The minimum absolute atomic E-state index is 0.0593. The van der Waals surface area contributed by atoms with Crippen LogP contribution in [0.25, 0.3) is 0 Å². The van der Waals surface area contributed by atoms with E-state index in [9.17, 15) is 0 Å². The van der Waals surface area contributed by atoms with Crippen molar-refractivity contribution in [2.45, 2.75) is 37.2 Å². The van der Waals surface area contributed by atoms with Crippen molar-refractivity contribution in [3.8, 4) is 5.75 Å². The number of fused-ring (bicyclic) bond motifs is 1. The van der Waals surface area contributed by atoms with Crippen LogP contribution in [0, 0.1) is 0 Å². The van der Waals surface area contributed by atoms with E-state index in [-0.39, 0.29) is 5.38 Å². The highest BCUT2D eigenvalue weighted by Gasteiger charge is 2.22. The number of benzene rings is 1. The molecule has 92 valence electrons. The first-order valence-electron chi connectivity index (χ1n) is 6.34. The highest BCUT2D eigenvalue weighted by atomic mass is 35.5. The highest BCUT2D eigenvalue weighted by molar-refractivity contribution is 6.20. The molecule has 2 nitrogen and oxygen atoms in total. The molecule has 2 aliphatic rings. The number of hydrogen-bond donors (Lipinski definition) is 0. The minimum atomic E-state index is 0.0593. The molecule has 0 aromatic heterocycles. The van der Waals surface area contributed by atoms with Gasteiger partial charge in [-0.2, -0.15) is 0 Å². The molecule has 1 aromatic carbocycles. The zero-order chi connectivity index (χ0) is 11.7. The van der Waals surface area contributed by atoms with Gasteiger partial charge in [0.25, 0.3) is 0 Å². The Morgan fingerprint density at radius 3 is 3.12 bits per heavy atom. The molecule has 0 aliphatic carbocycles. The topological polar surface area (TPSA) is 18.5 Å². The van der Waals surface area contributed by atoms with E-state index < -0.39 is 0 Å². The van der Waals surface area contributed by atoms with Crippen LogP contribution in [-0.4, -0.2) is 19.3 Å². The highest BCUT2D eigenvalue weighted by Crippen LogP contribution is 2.34. The molecule has 2 aliphatic heterocycles. The molecule has 2 heterocycles. The summed E-state index contributed by atoms with van der Waals surface area (Å²) in [5.74, 6) is 1.02. The molecule has 0 amide bonds. The quantitative estimate of drug-likeness (QED) is 0.767. The normalized spacial score (nSPS) is 24.4. The zero-order valence-corrected chi connectivity index (χ0v) is 10.6. The second kappa shape index (κ2) is 4.87. The summed E-state index contributed by atoms with van der Waals surface area (Å²) >= 11 is 6.47. The van der Waals surface area contributed by atoms with Gasteiger partial charge in [-0.05, 0) is 36.5 Å². The molecule has 0 saturated carbocycles. The Hall–Kier alpha value is -0.730. The Morgan fingerprint density at radius 2 is 2.29 bits per heavy atom. The predicted molar refractivity (Wildman–Crippen MR) is 67.8 cm³/mol. The van der Waals surface area contributed by atoms with Crippen molar-refractivity contribution in [1.82, 2.24) is 0 Å².